The molecule has 0 fully saturated rings. The zero-order chi connectivity index (χ0) is 24.4. The number of carbonyl (C=O) groups excluding carboxylic acids is 1. The SMILES string of the molecule is CCOc1nc2nc3cnn(CC(=O)c4ccccc4)c(=O)c3cc2c(-c2ccccc2)c1C#N. The van der Waals surface area contributed by atoms with Crippen LogP contribution in [0, 0.1) is 11.3 Å². The van der Waals surface area contributed by atoms with Gasteiger partial charge < -0.3 is 4.74 Å². The first kappa shape index (κ1) is 21.9. The third kappa shape index (κ3) is 4.00. The average molecular weight is 461 g/mol. The quantitative estimate of drug-likeness (QED) is 0.276. The van der Waals surface area contributed by atoms with E-state index >= 15 is 0 Å². The molecule has 170 valence electrons. The number of hydrogen-bond donors (Lipinski definition) is 0. The normalized spacial score (nSPS) is 10.9. The van der Waals surface area contributed by atoms with Crippen LogP contribution in [0.15, 0.2) is 77.7 Å². The zero-order valence-corrected chi connectivity index (χ0v) is 18.8. The predicted octanol–water partition coefficient (Wildman–Crippen LogP) is 4.16. The summed E-state index contributed by atoms with van der Waals surface area (Å²) < 4.78 is 6.77. The Morgan fingerprint density at radius 3 is 2.43 bits per heavy atom. The van der Waals surface area contributed by atoms with Gasteiger partial charge in [-0.15, -0.1) is 0 Å². The van der Waals surface area contributed by atoms with E-state index in [-0.39, 0.29) is 29.2 Å². The highest BCUT2D eigenvalue weighted by Gasteiger charge is 2.20. The smallest absolute Gasteiger partial charge is 0.276 e. The van der Waals surface area contributed by atoms with Gasteiger partial charge in [0, 0.05) is 16.5 Å². The fourth-order valence-corrected chi connectivity index (χ4v) is 3.98. The number of fused-ring (bicyclic) bond motifs is 2. The lowest BCUT2D eigenvalue weighted by atomic mass is 9.97. The van der Waals surface area contributed by atoms with Crippen molar-refractivity contribution >= 4 is 27.7 Å². The molecule has 0 unspecified atom stereocenters. The lowest BCUT2D eigenvalue weighted by molar-refractivity contribution is 0.0966. The van der Waals surface area contributed by atoms with Crippen LogP contribution in [0.1, 0.15) is 22.8 Å². The van der Waals surface area contributed by atoms with Crippen molar-refractivity contribution in [3.05, 3.63) is 94.4 Å². The highest BCUT2D eigenvalue weighted by atomic mass is 16.5. The van der Waals surface area contributed by atoms with Crippen LogP contribution < -0.4 is 10.3 Å². The van der Waals surface area contributed by atoms with E-state index in [0.717, 1.165) is 10.2 Å². The summed E-state index contributed by atoms with van der Waals surface area (Å²) >= 11 is 0. The van der Waals surface area contributed by atoms with Crippen LogP contribution in [-0.2, 0) is 6.54 Å². The molecule has 35 heavy (non-hydrogen) atoms. The van der Waals surface area contributed by atoms with Gasteiger partial charge in [-0.1, -0.05) is 60.7 Å². The Morgan fingerprint density at radius 2 is 1.74 bits per heavy atom. The lowest BCUT2D eigenvalue weighted by Crippen LogP contribution is -2.27. The molecule has 2 aromatic carbocycles. The minimum Gasteiger partial charge on any atom is -0.477 e. The van der Waals surface area contributed by atoms with Crippen molar-refractivity contribution in [3.8, 4) is 23.1 Å². The minimum absolute atomic E-state index is 0.183. The molecule has 3 heterocycles. The highest BCUT2D eigenvalue weighted by Crippen LogP contribution is 2.36. The Labute approximate surface area is 200 Å². The third-order valence-corrected chi connectivity index (χ3v) is 5.60. The number of benzene rings is 2. The minimum atomic E-state index is -0.451. The molecule has 0 atom stereocenters. The molecule has 0 spiro atoms. The number of aromatic nitrogens is 4. The van der Waals surface area contributed by atoms with E-state index in [2.05, 4.69) is 21.1 Å². The van der Waals surface area contributed by atoms with Crippen LogP contribution in [-0.4, -0.2) is 32.1 Å². The van der Waals surface area contributed by atoms with Crippen LogP contribution in [0.3, 0.4) is 0 Å². The fraction of sp³-hybridized carbons (Fsp3) is 0.111. The maximum Gasteiger partial charge on any atom is 0.276 e. The molecule has 0 amide bonds. The van der Waals surface area contributed by atoms with Crippen molar-refractivity contribution in [1.82, 2.24) is 19.7 Å². The Balaban J connectivity index is 1.74. The Bertz CT molecular complexity index is 1670. The molecule has 0 saturated heterocycles. The first-order chi connectivity index (χ1) is 17.1. The second kappa shape index (κ2) is 9.15. The first-order valence-electron chi connectivity index (χ1n) is 11.0. The van der Waals surface area contributed by atoms with Gasteiger partial charge in [-0.3, -0.25) is 9.59 Å². The molecule has 5 aromatic rings. The van der Waals surface area contributed by atoms with Gasteiger partial charge in [0.2, 0.25) is 5.88 Å². The molecule has 0 aliphatic carbocycles. The molecule has 0 saturated carbocycles. The fourth-order valence-electron chi connectivity index (χ4n) is 3.98. The summed E-state index contributed by atoms with van der Waals surface area (Å²) in [7, 11) is 0. The number of pyridine rings is 2. The van der Waals surface area contributed by atoms with Crippen molar-refractivity contribution in [2.75, 3.05) is 6.61 Å². The van der Waals surface area contributed by atoms with Crippen LogP contribution in [0.5, 0.6) is 5.88 Å². The van der Waals surface area contributed by atoms with Crippen molar-refractivity contribution in [2.24, 2.45) is 0 Å². The molecule has 0 bridgehead atoms. The molecule has 0 radical (unpaired) electrons. The van der Waals surface area contributed by atoms with Gasteiger partial charge in [-0.25, -0.2) is 9.67 Å². The number of hydrogen-bond acceptors (Lipinski definition) is 7. The van der Waals surface area contributed by atoms with E-state index in [1.165, 1.54) is 6.20 Å². The summed E-state index contributed by atoms with van der Waals surface area (Å²) in [5, 5.41) is 14.9. The number of ketones is 1. The monoisotopic (exact) mass is 461 g/mol. The van der Waals surface area contributed by atoms with Gasteiger partial charge in [0.05, 0.1) is 23.7 Å². The highest BCUT2D eigenvalue weighted by molar-refractivity contribution is 6.02. The summed E-state index contributed by atoms with van der Waals surface area (Å²) in [5.41, 5.74) is 2.33. The Morgan fingerprint density at radius 1 is 1.03 bits per heavy atom. The maximum absolute atomic E-state index is 13.3. The van der Waals surface area contributed by atoms with E-state index in [1.54, 1.807) is 30.3 Å². The van der Waals surface area contributed by atoms with Crippen molar-refractivity contribution in [2.45, 2.75) is 13.5 Å². The van der Waals surface area contributed by atoms with Crippen molar-refractivity contribution < 1.29 is 9.53 Å². The molecular formula is C27H19N5O3. The molecule has 5 rings (SSSR count). The first-order valence-corrected chi connectivity index (χ1v) is 11.0. The van der Waals surface area contributed by atoms with Gasteiger partial charge in [0.15, 0.2) is 11.4 Å². The standard InChI is InChI=1S/C27H19N5O3/c1-2-35-26-21(14-28)24(18-11-7-4-8-12-18)20-13-19-22(30-25(20)31-26)15-29-32(27(19)34)16-23(33)17-9-5-3-6-10-17/h3-13,15H,2,16H2,1H3. The van der Waals surface area contributed by atoms with E-state index in [4.69, 9.17) is 4.74 Å². The topological polar surface area (TPSA) is 111 Å². The van der Waals surface area contributed by atoms with Crippen LogP contribution in [0.25, 0.3) is 33.1 Å². The van der Waals surface area contributed by atoms with Crippen LogP contribution in [0.4, 0.5) is 0 Å². The number of ether oxygens (including phenoxy) is 1. The zero-order valence-electron chi connectivity index (χ0n) is 18.8. The maximum atomic E-state index is 13.3. The van der Waals surface area contributed by atoms with Crippen LogP contribution >= 0.6 is 0 Å². The number of nitrogens with zero attached hydrogens (tertiary/aromatic N) is 5. The molecule has 0 N–H and O–H groups in total. The van der Waals surface area contributed by atoms with E-state index in [0.29, 0.717) is 34.3 Å². The molecule has 0 aliphatic heterocycles. The Kier molecular flexibility index (Phi) is 5.73. The molecule has 3 aromatic heterocycles. The van der Waals surface area contributed by atoms with Crippen LogP contribution in [0.2, 0.25) is 0 Å². The number of nitriles is 1. The van der Waals surface area contributed by atoms with Gasteiger partial charge >= 0.3 is 0 Å². The molecular weight excluding hydrogens is 442 g/mol. The predicted molar refractivity (Wildman–Crippen MR) is 131 cm³/mol. The molecule has 8 nitrogen and oxygen atoms in total. The summed E-state index contributed by atoms with van der Waals surface area (Å²) in [6, 6.07) is 22.0. The van der Waals surface area contributed by atoms with E-state index < -0.39 is 5.56 Å². The van der Waals surface area contributed by atoms with Crippen molar-refractivity contribution in [3.63, 3.8) is 0 Å². The number of Topliss-reactive ketones (excluding diaryl/α,β-unsaturated/α-hetero) is 1. The van der Waals surface area contributed by atoms with E-state index in [9.17, 15) is 14.9 Å². The summed E-state index contributed by atoms with van der Waals surface area (Å²) in [4.78, 5) is 35.0. The molecule has 0 aliphatic rings. The number of carbonyl (C=O) groups is 1. The average Bonchev–Trinajstić information content (AvgIpc) is 2.90. The number of rotatable bonds is 6. The van der Waals surface area contributed by atoms with Gasteiger partial charge in [0.1, 0.15) is 18.2 Å². The lowest BCUT2D eigenvalue weighted by Gasteiger charge is -2.13. The van der Waals surface area contributed by atoms with E-state index in [1.807, 2.05) is 43.3 Å². The summed E-state index contributed by atoms with van der Waals surface area (Å²) in [6.07, 6.45) is 1.44. The Hall–Kier alpha value is -4.90. The largest absolute Gasteiger partial charge is 0.477 e. The summed E-state index contributed by atoms with van der Waals surface area (Å²) in [5.74, 6) is -0.0453. The summed E-state index contributed by atoms with van der Waals surface area (Å²) in [6.45, 7) is 1.94. The van der Waals surface area contributed by atoms with Gasteiger partial charge in [-0.2, -0.15) is 15.3 Å². The van der Waals surface area contributed by atoms with Crippen molar-refractivity contribution in [1.29, 1.82) is 5.26 Å². The van der Waals surface area contributed by atoms with Gasteiger partial charge in [-0.05, 0) is 18.6 Å². The second-order valence-corrected chi connectivity index (χ2v) is 7.77. The third-order valence-electron chi connectivity index (χ3n) is 5.60. The second-order valence-electron chi connectivity index (χ2n) is 7.77. The molecule has 8 heteroatoms. The van der Waals surface area contributed by atoms with Gasteiger partial charge in [0.25, 0.3) is 5.56 Å².